The molecule has 1 aliphatic carbocycles. The van der Waals surface area contributed by atoms with Crippen molar-refractivity contribution in [3.63, 3.8) is 0 Å². The molecule has 142 valence electrons. The number of rotatable bonds is 3. The van der Waals surface area contributed by atoms with E-state index in [2.05, 4.69) is 25.3 Å². The lowest BCUT2D eigenvalue weighted by Gasteiger charge is -2.25. The van der Waals surface area contributed by atoms with E-state index >= 15 is 0 Å². The SMILES string of the molecule is OC1C(Nc2nc(-c3c[nH]c4ncc(F)cc34)ncc2F)CCCC[C@H]1O. The molecule has 1 fully saturated rings. The molecule has 0 radical (unpaired) electrons. The van der Waals surface area contributed by atoms with Crippen LogP contribution in [0.3, 0.4) is 0 Å². The van der Waals surface area contributed by atoms with Gasteiger partial charge in [-0.1, -0.05) is 12.8 Å². The monoisotopic (exact) mass is 375 g/mol. The van der Waals surface area contributed by atoms with Crippen molar-refractivity contribution in [2.45, 2.75) is 43.9 Å². The number of aliphatic hydroxyl groups excluding tert-OH is 2. The summed E-state index contributed by atoms with van der Waals surface area (Å²) in [5, 5.41) is 23.6. The van der Waals surface area contributed by atoms with Crippen LogP contribution in [0.4, 0.5) is 14.6 Å². The van der Waals surface area contributed by atoms with Gasteiger partial charge < -0.3 is 20.5 Å². The summed E-state index contributed by atoms with van der Waals surface area (Å²) in [6, 6.07) is 0.779. The van der Waals surface area contributed by atoms with Crippen LogP contribution in [-0.4, -0.2) is 48.4 Å². The van der Waals surface area contributed by atoms with Crippen LogP contribution in [-0.2, 0) is 0 Å². The summed E-state index contributed by atoms with van der Waals surface area (Å²) in [6.45, 7) is 0. The molecule has 0 aromatic carbocycles. The average molecular weight is 375 g/mol. The summed E-state index contributed by atoms with van der Waals surface area (Å²) >= 11 is 0. The molecule has 0 aliphatic heterocycles. The zero-order valence-electron chi connectivity index (χ0n) is 14.4. The van der Waals surface area contributed by atoms with Crippen molar-refractivity contribution in [2.24, 2.45) is 0 Å². The average Bonchev–Trinajstić information content (AvgIpc) is 3.00. The first-order valence-corrected chi connectivity index (χ1v) is 8.81. The number of hydrogen-bond donors (Lipinski definition) is 4. The highest BCUT2D eigenvalue weighted by Gasteiger charge is 2.29. The first-order valence-electron chi connectivity index (χ1n) is 8.81. The van der Waals surface area contributed by atoms with Crippen LogP contribution in [0.25, 0.3) is 22.4 Å². The maximum Gasteiger partial charge on any atom is 0.183 e. The van der Waals surface area contributed by atoms with Gasteiger partial charge in [0, 0.05) is 17.1 Å². The minimum atomic E-state index is -1.02. The van der Waals surface area contributed by atoms with Gasteiger partial charge in [-0.3, -0.25) is 0 Å². The molecule has 9 heteroatoms. The van der Waals surface area contributed by atoms with Crippen LogP contribution in [0, 0.1) is 11.6 Å². The molecule has 3 heterocycles. The number of nitrogens with zero attached hydrogens (tertiary/aromatic N) is 3. The Kier molecular flexibility index (Phi) is 4.71. The first kappa shape index (κ1) is 17.7. The summed E-state index contributed by atoms with van der Waals surface area (Å²) in [5.74, 6) is -1.05. The number of hydrogen-bond acceptors (Lipinski definition) is 6. The smallest absolute Gasteiger partial charge is 0.183 e. The predicted molar refractivity (Wildman–Crippen MR) is 94.9 cm³/mol. The van der Waals surface area contributed by atoms with E-state index in [9.17, 15) is 19.0 Å². The zero-order chi connectivity index (χ0) is 19.0. The number of pyridine rings is 1. The van der Waals surface area contributed by atoms with E-state index in [-0.39, 0.29) is 11.6 Å². The minimum Gasteiger partial charge on any atom is -0.390 e. The fourth-order valence-corrected chi connectivity index (χ4v) is 3.42. The Labute approximate surface area is 153 Å². The lowest BCUT2D eigenvalue weighted by Crippen LogP contribution is -2.41. The lowest BCUT2D eigenvalue weighted by atomic mass is 10.0. The molecule has 3 atom stereocenters. The Morgan fingerprint density at radius 3 is 2.78 bits per heavy atom. The number of anilines is 1. The van der Waals surface area contributed by atoms with Crippen LogP contribution in [0.1, 0.15) is 25.7 Å². The van der Waals surface area contributed by atoms with Crippen molar-refractivity contribution in [2.75, 3.05) is 5.32 Å². The van der Waals surface area contributed by atoms with Crippen molar-refractivity contribution in [1.82, 2.24) is 19.9 Å². The second kappa shape index (κ2) is 7.16. The molecule has 1 aliphatic rings. The van der Waals surface area contributed by atoms with Gasteiger partial charge in [0.2, 0.25) is 0 Å². The zero-order valence-corrected chi connectivity index (χ0v) is 14.4. The molecule has 2 unspecified atom stereocenters. The molecule has 0 saturated heterocycles. The molecule has 0 bridgehead atoms. The van der Waals surface area contributed by atoms with Gasteiger partial charge in [0.1, 0.15) is 11.5 Å². The lowest BCUT2D eigenvalue weighted by molar-refractivity contribution is 0.00940. The summed E-state index contributed by atoms with van der Waals surface area (Å²) in [6.07, 6.45) is 4.51. The van der Waals surface area contributed by atoms with E-state index < -0.39 is 29.9 Å². The van der Waals surface area contributed by atoms with Gasteiger partial charge in [-0.05, 0) is 18.9 Å². The molecule has 7 nitrogen and oxygen atoms in total. The summed E-state index contributed by atoms with van der Waals surface area (Å²) in [5.41, 5.74) is 0.956. The van der Waals surface area contributed by atoms with Crippen molar-refractivity contribution >= 4 is 16.9 Å². The van der Waals surface area contributed by atoms with Crippen molar-refractivity contribution in [1.29, 1.82) is 0 Å². The Hall–Kier alpha value is -2.65. The Bertz CT molecular complexity index is 964. The maximum absolute atomic E-state index is 14.3. The molecule has 4 N–H and O–H groups in total. The van der Waals surface area contributed by atoms with Crippen LogP contribution in [0.15, 0.2) is 24.7 Å². The largest absolute Gasteiger partial charge is 0.390 e. The Balaban J connectivity index is 1.68. The number of nitrogens with one attached hydrogen (secondary N) is 2. The van der Waals surface area contributed by atoms with E-state index in [0.717, 1.165) is 25.2 Å². The van der Waals surface area contributed by atoms with Gasteiger partial charge in [-0.2, -0.15) is 0 Å². The third kappa shape index (κ3) is 3.47. The van der Waals surface area contributed by atoms with Crippen molar-refractivity contribution in [3.05, 3.63) is 36.3 Å². The second-order valence-electron chi connectivity index (χ2n) is 6.74. The highest BCUT2D eigenvalue weighted by Crippen LogP contribution is 2.28. The highest BCUT2D eigenvalue weighted by atomic mass is 19.1. The quantitative estimate of drug-likeness (QED) is 0.524. The standard InChI is InChI=1S/C18H19F2N5O2/c19-9-5-10-11(7-22-16(10)21-6-9)17-23-8-12(20)18(25-17)24-13-3-1-2-4-14(26)15(13)27/h5-8,13-15,26-27H,1-4H2,(H,21,22)(H,23,24,25)/t13?,14-,15?/m1/s1. The maximum atomic E-state index is 14.3. The van der Waals surface area contributed by atoms with Gasteiger partial charge >= 0.3 is 0 Å². The van der Waals surface area contributed by atoms with Gasteiger partial charge in [0.15, 0.2) is 17.5 Å². The highest BCUT2D eigenvalue weighted by molar-refractivity contribution is 5.91. The first-order chi connectivity index (χ1) is 13.0. The van der Waals surface area contributed by atoms with E-state index in [1.54, 1.807) is 6.20 Å². The van der Waals surface area contributed by atoms with E-state index in [1.165, 1.54) is 6.07 Å². The van der Waals surface area contributed by atoms with Crippen LogP contribution in [0.5, 0.6) is 0 Å². The normalized spacial score (nSPS) is 23.3. The Morgan fingerprint density at radius 1 is 1.11 bits per heavy atom. The third-order valence-electron chi connectivity index (χ3n) is 4.88. The number of aromatic amines is 1. The van der Waals surface area contributed by atoms with Gasteiger partial charge in [-0.25, -0.2) is 23.7 Å². The number of aliphatic hydroxyl groups is 2. The van der Waals surface area contributed by atoms with Crippen molar-refractivity contribution < 1.29 is 19.0 Å². The van der Waals surface area contributed by atoms with E-state index in [4.69, 9.17) is 0 Å². The predicted octanol–water partition coefficient (Wildman–Crippen LogP) is 2.37. The molecule has 1 saturated carbocycles. The number of fused-ring (bicyclic) bond motifs is 1. The molecule has 3 aromatic rings. The van der Waals surface area contributed by atoms with E-state index in [0.29, 0.717) is 29.4 Å². The number of H-pyrrole nitrogens is 1. The van der Waals surface area contributed by atoms with E-state index in [1.807, 2.05) is 0 Å². The van der Waals surface area contributed by atoms with Crippen molar-refractivity contribution in [3.8, 4) is 11.4 Å². The fourth-order valence-electron chi connectivity index (χ4n) is 3.42. The molecule has 0 amide bonds. The Morgan fingerprint density at radius 2 is 1.93 bits per heavy atom. The molecule has 3 aromatic heterocycles. The topological polar surface area (TPSA) is 107 Å². The van der Waals surface area contributed by atoms with Crippen LogP contribution >= 0.6 is 0 Å². The summed E-state index contributed by atoms with van der Waals surface area (Å²) in [4.78, 5) is 15.1. The number of halogens is 2. The van der Waals surface area contributed by atoms with Gasteiger partial charge in [0.25, 0.3) is 0 Å². The molecule has 27 heavy (non-hydrogen) atoms. The minimum absolute atomic E-state index is 0.0723. The second-order valence-corrected chi connectivity index (χ2v) is 6.74. The van der Waals surface area contributed by atoms with Gasteiger partial charge in [-0.15, -0.1) is 0 Å². The van der Waals surface area contributed by atoms with Crippen LogP contribution < -0.4 is 5.32 Å². The van der Waals surface area contributed by atoms with Crippen LogP contribution in [0.2, 0.25) is 0 Å². The fraction of sp³-hybridized carbons (Fsp3) is 0.389. The molecule has 4 rings (SSSR count). The third-order valence-corrected chi connectivity index (χ3v) is 4.88. The molecule has 0 spiro atoms. The molecular weight excluding hydrogens is 356 g/mol. The number of aromatic nitrogens is 4. The summed E-state index contributed by atoms with van der Waals surface area (Å²) in [7, 11) is 0. The van der Waals surface area contributed by atoms with Gasteiger partial charge in [0.05, 0.1) is 30.6 Å². The molecular formula is C18H19F2N5O2. The summed E-state index contributed by atoms with van der Waals surface area (Å²) < 4.78 is 27.8.